The van der Waals surface area contributed by atoms with Crippen LogP contribution in [0, 0.1) is 0 Å². The highest BCUT2D eigenvalue weighted by Crippen LogP contribution is 2.29. The molecule has 3 amide bonds. The Bertz CT molecular complexity index is 895. The SMILES string of the molecule is O=C1c2ccccc2C(=O)N1CC(=O)N1CCNCC1c1ccccc1Cl. The summed E-state index contributed by atoms with van der Waals surface area (Å²) in [6, 6.07) is 13.8. The maximum atomic E-state index is 13.0. The Kier molecular flexibility index (Phi) is 4.68. The molecular formula is C20H18ClN3O3. The molecule has 0 aromatic heterocycles. The molecule has 7 heteroatoms. The lowest BCUT2D eigenvalue weighted by Crippen LogP contribution is -2.52. The third-order valence-electron chi connectivity index (χ3n) is 5.00. The van der Waals surface area contributed by atoms with Crippen LogP contribution < -0.4 is 5.32 Å². The van der Waals surface area contributed by atoms with E-state index < -0.39 is 11.8 Å². The molecule has 1 saturated heterocycles. The molecule has 1 atom stereocenters. The molecule has 4 rings (SSSR count). The van der Waals surface area contributed by atoms with Crippen molar-refractivity contribution in [2.45, 2.75) is 6.04 Å². The third-order valence-corrected chi connectivity index (χ3v) is 5.34. The Hall–Kier alpha value is -2.70. The lowest BCUT2D eigenvalue weighted by Gasteiger charge is -2.37. The Morgan fingerprint density at radius 1 is 1.04 bits per heavy atom. The van der Waals surface area contributed by atoms with Gasteiger partial charge in [-0.25, -0.2) is 0 Å². The van der Waals surface area contributed by atoms with Gasteiger partial charge in [-0.05, 0) is 23.8 Å². The molecule has 1 unspecified atom stereocenters. The summed E-state index contributed by atoms with van der Waals surface area (Å²) in [5.74, 6) is -1.11. The highest BCUT2D eigenvalue weighted by atomic mass is 35.5. The van der Waals surface area contributed by atoms with Crippen molar-refractivity contribution in [2.75, 3.05) is 26.2 Å². The number of imide groups is 1. The van der Waals surface area contributed by atoms with Crippen LogP contribution in [0.3, 0.4) is 0 Å². The van der Waals surface area contributed by atoms with Gasteiger partial charge in [-0.2, -0.15) is 0 Å². The molecule has 138 valence electrons. The summed E-state index contributed by atoms with van der Waals surface area (Å²) in [5.41, 5.74) is 1.54. The summed E-state index contributed by atoms with van der Waals surface area (Å²) < 4.78 is 0. The molecule has 2 aliphatic rings. The van der Waals surface area contributed by atoms with Crippen molar-refractivity contribution in [3.05, 3.63) is 70.2 Å². The number of nitrogens with zero attached hydrogens (tertiary/aromatic N) is 2. The average molecular weight is 384 g/mol. The third kappa shape index (κ3) is 3.11. The van der Waals surface area contributed by atoms with Crippen molar-refractivity contribution in [2.24, 2.45) is 0 Å². The number of piperazine rings is 1. The van der Waals surface area contributed by atoms with E-state index in [0.29, 0.717) is 35.8 Å². The van der Waals surface area contributed by atoms with Crippen LogP contribution in [-0.2, 0) is 4.79 Å². The second-order valence-corrected chi connectivity index (χ2v) is 6.98. The van der Waals surface area contributed by atoms with E-state index in [-0.39, 0.29) is 18.5 Å². The number of amides is 3. The van der Waals surface area contributed by atoms with Crippen molar-refractivity contribution in [3.63, 3.8) is 0 Å². The predicted octanol–water partition coefficient (Wildman–Crippen LogP) is 2.11. The van der Waals surface area contributed by atoms with E-state index in [0.717, 1.165) is 10.5 Å². The first-order valence-electron chi connectivity index (χ1n) is 8.78. The number of rotatable bonds is 3. The van der Waals surface area contributed by atoms with Crippen molar-refractivity contribution in [3.8, 4) is 0 Å². The molecule has 2 aromatic rings. The largest absolute Gasteiger partial charge is 0.331 e. The Labute approximate surface area is 161 Å². The molecule has 2 aliphatic heterocycles. The van der Waals surface area contributed by atoms with Gasteiger partial charge in [-0.1, -0.05) is 41.9 Å². The average Bonchev–Trinajstić information content (AvgIpc) is 2.93. The minimum Gasteiger partial charge on any atom is -0.331 e. The van der Waals surface area contributed by atoms with Crippen molar-refractivity contribution in [1.82, 2.24) is 15.1 Å². The Morgan fingerprint density at radius 3 is 2.33 bits per heavy atom. The number of halogens is 1. The van der Waals surface area contributed by atoms with Crippen LogP contribution in [0.1, 0.15) is 32.3 Å². The fourth-order valence-electron chi connectivity index (χ4n) is 3.63. The minimum atomic E-state index is -0.423. The van der Waals surface area contributed by atoms with Gasteiger partial charge in [0.15, 0.2) is 0 Å². The quantitative estimate of drug-likeness (QED) is 0.824. The number of benzene rings is 2. The van der Waals surface area contributed by atoms with Gasteiger partial charge in [0.05, 0.1) is 17.2 Å². The summed E-state index contributed by atoms with van der Waals surface area (Å²) in [5, 5.41) is 3.86. The summed E-state index contributed by atoms with van der Waals surface area (Å²) in [6.07, 6.45) is 0. The molecule has 6 nitrogen and oxygen atoms in total. The van der Waals surface area contributed by atoms with Crippen LogP contribution in [0.4, 0.5) is 0 Å². The van der Waals surface area contributed by atoms with Gasteiger partial charge in [0.2, 0.25) is 5.91 Å². The number of hydrogen-bond donors (Lipinski definition) is 1. The summed E-state index contributed by atoms with van der Waals surface area (Å²) >= 11 is 6.32. The lowest BCUT2D eigenvalue weighted by molar-refractivity contribution is -0.134. The van der Waals surface area contributed by atoms with E-state index in [4.69, 9.17) is 11.6 Å². The van der Waals surface area contributed by atoms with Crippen LogP contribution in [0.25, 0.3) is 0 Å². The Morgan fingerprint density at radius 2 is 1.67 bits per heavy atom. The van der Waals surface area contributed by atoms with Crippen LogP contribution in [0.15, 0.2) is 48.5 Å². The smallest absolute Gasteiger partial charge is 0.262 e. The summed E-state index contributed by atoms with van der Waals surface area (Å²) in [6.45, 7) is 1.43. The number of fused-ring (bicyclic) bond motifs is 1. The first-order chi connectivity index (χ1) is 13.1. The minimum absolute atomic E-state index is 0.241. The molecule has 2 aromatic carbocycles. The standard InChI is InChI=1S/C20H18ClN3O3/c21-16-8-4-3-7-15(16)17-11-22-9-10-23(17)18(25)12-24-19(26)13-5-1-2-6-14(13)20(24)27/h1-8,17,22H,9-12H2. The van der Waals surface area contributed by atoms with Crippen molar-refractivity contribution >= 4 is 29.3 Å². The van der Waals surface area contributed by atoms with Gasteiger partial charge in [0.25, 0.3) is 11.8 Å². The Balaban J connectivity index is 1.56. The van der Waals surface area contributed by atoms with Crippen LogP contribution >= 0.6 is 11.6 Å². The zero-order valence-corrected chi connectivity index (χ0v) is 15.3. The molecule has 0 saturated carbocycles. The number of hydrogen-bond acceptors (Lipinski definition) is 4. The number of carbonyl (C=O) groups is 3. The molecule has 2 heterocycles. The van der Waals surface area contributed by atoms with E-state index in [2.05, 4.69) is 5.32 Å². The molecular weight excluding hydrogens is 366 g/mol. The monoisotopic (exact) mass is 383 g/mol. The fraction of sp³-hybridized carbons (Fsp3) is 0.250. The molecule has 1 N–H and O–H groups in total. The van der Waals surface area contributed by atoms with Crippen LogP contribution in [-0.4, -0.2) is 53.7 Å². The highest BCUT2D eigenvalue weighted by Gasteiger charge is 2.38. The zero-order chi connectivity index (χ0) is 19.0. The normalized spacial score (nSPS) is 19.4. The van der Waals surface area contributed by atoms with Crippen molar-refractivity contribution in [1.29, 1.82) is 0 Å². The van der Waals surface area contributed by atoms with E-state index in [1.54, 1.807) is 35.2 Å². The molecule has 0 spiro atoms. The van der Waals surface area contributed by atoms with E-state index in [1.165, 1.54) is 0 Å². The van der Waals surface area contributed by atoms with E-state index >= 15 is 0 Å². The lowest BCUT2D eigenvalue weighted by atomic mass is 10.0. The van der Waals surface area contributed by atoms with Gasteiger partial charge in [-0.15, -0.1) is 0 Å². The molecule has 27 heavy (non-hydrogen) atoms. The topological polar surface area (TPSA) is 69.7 Å². The maximum absolute atomic E-state index is 13.0. The molecule has 0 radical (unpaired) electrons. The van der Waals surface area contributed by atoms with Gasteiger partial charge >= 0.3 is 0 Å². The zero-order valence-electron chi connectivity index (χ0n) is 14.5. The van der Waals surface area contributed by atoms with Crippen LogP contribution in [0.2, 0.25) is 5.02 Å². The summed E-state index contributed by atoms with van der Waals surface area (Å²) in [4.78, 5) is 40.8. The van der Waals surface area contributed by atoms with E-state index in [9.17, 15) is 14.4 Å². The highest BCUT2D eigenvalue weighted by molar-refractivity contribution is 6.31. The predicted molar refractivity (Wildman–Crippen MR) is 101 cm³/mol. The second-order valence-electron chi connectivity index (χ2n) is 6.57. The molecule has 0 bridgehead atoms. The fourth-order valence-corrected chi connectivity index (χ4v) is 3.90. The van der Waals surface area contributed by atoms with Gasteiger partial charge in [0, 0.05) is 24.7 Å². The van der Waals surface area contributed by atoms with Gasteiger partial charge in [0.1, 0.15) is 6.54 Å². The molecule has 1 fully saturated rings. The van der Waals surface area contributed by atoms with Gasteiger partial charge < -0.3 is 10.2 Å². The summed E-state index contributed by atoms with van der Waals surface area (Å²) in [7, 11) is 0. The number of nitrogens with one attached hydrogen (secondary N) is 1. The van der Waals surface area contributed by atoms with Crippen molar-refractivity contribution < 1.29 is 14.4 Å². The maximum Gasteiger partial charge on any atom is 0.262 e. The van der Waals surface area contributed by atoms with E-state index in [1.807, 2.05) is 18.2 Å². The second kappa shape index (κ2) is 7.13. The van der Waals surface area contributed by atoms with Gasteiger partial charge in [-0.3, -0.25) is 19.3 Å². The molecule has 0 aliphatic carbocycles. The number of carbonyl (C=O) groups excluding carboxylic acids is 3. The first kappa shape index (κ1) is 17.7. The van der Waals surface area contributed by atoms with Crippen LogP contribution in [0.5, 0.6) is 0 Å². The first-order valence-corrected chi connectivity index (χ1v) is 9.15.